The molecule has 0 rings (SSSR count). The lowest BCUT2D eigenvalue weighted by Gasteiger charge is -2.38. The summed E-state index contributed by atoms with van der Waals surface area (Å²) in [7, 11) is -0.446. The molecule has 0 nitrogen and oxygen atoms in total. The first kappa shape index (κ1) is 20.2. The summed E-state index contributed by atoms with van der Waals surface area (Å²) in [6, 6.07) is -0.359. The predicted molar refractivity (Wildman–Crippen MR) is 55.9 cm³/mol. The molecular formula is C8H7Cl2F9Si. The fourth-order valence-electron chi connectivity index (χ4n) is 1.47. The summed E-state index contributed by atoms with van der Waals surface area (Å²) in [6.07, 6.45) is -22.6. The highest BCUT2D eigenvalue weighted by atomic mass is 35.5. The van der Waals surface area contributed by atoms with Crippen LogP contribution in [0.15, 0.2) is 0 Å². The first-order chi connectivity index (χ1) is 8.67. The van der Waals surface area contributed by atoms with E-state index in [0.717, 1.165) is 0 Å². The fraction of sp³-hybridized carbons (Fsp3) is 1.00. The van der Waals surface area contributed by atoms with Gasteiger partial charge in [-0.15, -0.1) is 23.2 Å². The molecule has 2 radical (unpaired) electrons. The standard InChI is InChI=1S/C8H7Cl2F9Si/c9-4(10)20-3-1-2-5(6(11,12)13,7(14,15)16)8(17,18)19/h4H,1-3H2. The second-order valence-corrected chi connectivity index (χ2v) is 7.07. The van der Waals surface area contributed by atoms with Crippen molar-refractivity contribution in [3.8, 4) is 0 Å². The van der Waals surface area contributed by atoms with Crippen molar-refractivity contribution >= 4 is 32.7 Å². The predicted octanol–water partition coefficient (Wildman–Crippen LogP) is 5.32. The van der Waals surface area contributed by atoms with Crippen molar-refractivity contribution in [3.63, 3.8) is 0 Å². The average molecular weight is 373 g/mol. The lowest BCUT2D eigenvalue weighted by Crippen LogP contribution is -2.59. The van der Waals surface area contributed by atoms with E-state index in [4.69, 9.17) is 23.2 Å². The van der Waals surface area contributed by atoms with E-state index in [1.807, 2.05) is 0 Å². The molecule has 0 bridgehead atoms. The van der Waals surface area contributed by atoms with Gasteiger partial charge in [-0.3, -0.25) is 0 Å². The van der Waals surface area contributed by atoms with Gasteiger partial charge in [-0.2, -0.15) is 39.5 Å². The molecule has 0 saturated carbocycles. The van der Waals surface area contributed by atoms with Crippen molar-refractivity contribution in [3.05, 3.63) is 0 Å². The van der Waals surface area contributed by atoms with Crippen LogP contribution in [-0.4, -0.2) is 32.5 Å². The summed E-state index contributed by atoms with van der Waals surface area (Å²) in [5, 5.41) is 0. The topological polar surface area (TPSA) is 0 Å². The van der Waals surface area contributed by atoms with Gasteiger partial charge in [0.25, 0.3) is 5.41 Å². The van der Waals surface area contributed by atoms with Gasteiger partial charge < -0.3 is 0 Å². The zero-order valence-electron chi connectivity index (χ0n) is 9.36. The first-order valence-corrected chi connectivity index (χ1v) is 7.04. The fourth-order valence-corrected chi connectivity index (χ4v) is 2.73. The first-order valence-electron chi connectivity index (χ1n) is 4.88. The Morgan fingerprint density at radius 2 is 1.10 bits per heavy atom. The van der Waals surface area contributed by atoms with E-state index in [0.29, 0.717) is 0 Å². The third-order valence-electron chi connectivity index (χ3n) is 2.48. The minimum atomic E-state index is -6.49. The maximum atomic E-state index is 12.5. The maximum Gasteiger partial charge on any atom is 0.412 e. The van der Waals surface area contributed by atoms with Crippen LogP contribution in [0.3, 0.4) is 0 Å². The van der Waals surface area contributed by atoms with Crippen molar-refractivity contribution in [1.29, 1.82) is 0 Å². The molecule has 0 amide bonds. The van der Waals surface area contributed by atoms with Gasteiger partial charge in [0.1, 0.15) is 0 Å². The quantitative estimate of drug-likeness (QED) is 0.265. The minimum absolute atomic E-state index is 0.359. The Morgan fingerprint density at radius 3 is 1.35 bits per heavy atom. The van der Waals surface area contributed by atoms with E-state index >= 15 is 0 Å². The molecule has 0 aliphatic rings. The van der Waals surface area contributed by atoms with Gasteiger partial charge in [0.2, 0.25) is 0 Å². The summed E-state index contributed by atoms with van der Waals surface area (Å²) >= 11 is 10.4. The van der Waals surface area contributed by atoms with Crippen LogP contribution in [0.4, 0.5) is 39.5 Å². The van der Waals surface area contributed by atoms with Crippen LogP contribution in [0.1, 0.15) is 12.8 Å². The van der Waals surface area contributed by atoms with Crippen LogP contribution < -0.4 is 0 Å². The van der Waals surface area contributed by atoms with Crippen LogP contribution in [0.25, 0.3) is 0 Å². The van der Waals surface area contributed by atoms with Gasteiger partial charge in [0.15, 0.2) is 0 Å². The van der Waals surface area contributed by atoms with Gasteiger partial charge in [-0.05, 0) is 6.42 Å². The molecule has 20 heavy (non-hydrogen) atoms. The SMILES string of the molecule is FC(F)(F)C(CCC[Si]C(Cl)Cl)(C(F)(F)F)C(F)(F)F. The molecule has 0 unspecified atom stereocenters. The van der Waals surface area contributed by atoms with Crippen molar-refractivity contribution in [2.24, 2.45) is 5.41 Å². The Labute approximate surface area is 120 Å². The lowest BCUT2D eigenvalue weighted by atomic mass is 9.81. The molecule has 120 valence electrons. The summed E-state index contributed by atoms with van der Waals surface area (Å²) in [5.41, 5.74) is -5.73. The third-order valence-corrected chi connectivity index (χ3v) is 4.36. The highest BCUT2D eigenvalue weighted by Gasteiger charge is 2.82. The second-order valence-electron chi connectivity index (χ2n) is 3.76. The molecule has 0 fully saturated rings. The lowest BCUT2D eigenvalue weighted by molar-refractivity contribution is -0.428. The van der Waals surface area contributed by atoms with Gasteiger partial charge in [0.05, 0.1) is 14.0 Å². The molecule has 12 heteroatoms. The van der Waals surface area contributed by atoms with E-state index in [2.05, 4.69) is 0 Å². The maximum absolute atomic E-state index is 12.5. The van der Waals surface area contributed by atoms with Crippen molar-refractivity contribution < 1.29 is 39.5 Å². The highest BCUT2D eigenvalue weighted by Crippen LogP contribution is 2.61. The molecule has 0 aliphatic carbocycles. The molecule has 0 aromatic carbocycles. The van der Waals surface area contributed by atoms with Crippen molar-refractivity contribution in [2.45, 2.75) is 41.9 Å². The van der Waals surface area contributed by atoms with E-state index in [1.54, 1.807) is 0 Å². The van der Waals surface area contributed by atoms with Crippen LogP contribution in [-0.2, 0) is 0 Å². The van der Waals surface area contributed by atoms with E-state index < -0.39 is 50.8 Å². The Kier molecular flexibility index (Phi) is 6.57. The summed E-state index contributed by atoms with van der Waals surface area (Å²) in [4.78, 5) is 0. The Morgan fingerprint density at radius 1 is 0.750 bits per heavy atom. The summed E-state index contributed by atoms with van der Waals surface area (Å²) < 4.78 is 111. The zero-order chi connectivity index (χ0) is 16.4. The van der Waals surface area contributed by atoms with Gasteiger partial charge in [-0.1, -0.05) is 12.5 Å². The van der Waals surface area contributed by atoms with Crippen LogP contribution in [0.5, 0.6) is 0 Å². The Bertz CT molecular complexity index is 271. The van der Waals surface area contributed by atoms with E-state index in [1.165, 1.54) is 0 Å². The number of hydrogen-bond acceptors (Lipinski definition) is 0. The van der Waals surface area contributed by atoms with Gasteiger partial charge >= 0.3 is 18.5 Å². The van der Waals surface area contributed by atoms with Crippen LogP contribution >= 0.6 is 23.2 Å². The molecule has 0 aromatic heterocycles. The van der Waals surface area contributed by atoms with Crippen LogP contribution in [0, 0.1) is 5.41 Å². The molecule has 0 spiro atoms. The van der Waals surface area contributed by atoms with E-state index in [9.17, 15) is 39.5 Å². The number of rotatable bonds is 5. The highest BCUT2D eigenvalue weighted by molar-refractivity contribution is 6.68. The zero-order valence-corrected chi connectivity index (χ0v) is 11.9. The summed E-state index contributed by atoms with van der Waals surface area (Å²) in [6.45, 7) is 0. The number of hydrogen-bond donors (Lipinski definition) is 0. The van der Waals surface area contributed by atoms with Crippen molar-refractivity contribution in [1.82, 2.24) is 0 Å². The van der Waals surface area contributed by atoms with Gasteiger partial charge in [-0.25, -0.2) is 0 Å². The molecule has 0 heterocycles. The Hall–Kier alpha value is 0.167. The third kappa shape index (κ3) is 4.33. The molecule has 0 aromatic rings. The average Bonchev–Trinajstić information content (AvgIpc) is 2.09. The molecule has 0 N–H and O–H groups in total. The molecule has 0 saturated heterocycles. The molecule has 0 atom stereocenters. The smallest absolute Gasteiger partial charge is 0.170 e. The van der Waals surface area contributed by atoms with Gasteiger partial charge in [0, 0.05) is 0 Å². The van der Waals surface area contributed by atoms with Crippen LogP contribution in [0.2, 0.25) is 6.04 Å². The largest absolute Gasteiger partial charge is 0.412 e. The molecular weight excluding hydrogens is 366 g/mol. The van der Waals surface area contributed by atoms with E-state index in [-0.39, 0.29) is 6.04 Å². The Balaban J connectivity index is 5.36. The monoisotopic (exact) mass is 372 g/mol. The normalized spacial score (nSPS) is 15.0. The number of halogens is 11. The summed E-state index contributed by atoms with van der Waals surface area (Å²) in [5.74, 6) is 0. The van der Waals surface area contributed by atoms with Crippen molar-refractivity contribution in [2.75, 3.05) is 0 Å². The minimum Gasteiger partial charge on any atom is -0.170 e. The molecule has 0 aliphatic heterocycles. The number of alkyl halides is 11. The second kappa shape index (κ2) is 6.51.